The molecule has 8 heteroatoms. The third-order valence-corrected chi connectivity index (χ3v) is 5.56. The van der Waals surface area contributed by atoms with E-state index in [-0.39, 0.29) is 6.54 Å². The predicted molar refractivity (Wildman–Crippen MR) is 100 cm³/mol. The predicted octanol–water partition coefficient (Wildman–Crippen LogP) is 3.16. The summed E-state index contributed by atoms with van der Waals surface area (Å²) in [5, 5.41) is 0. The van der Waals surface area contributed by atoms with Gasteiger partial charge < -0.3 is 9.64 Å². The van der Waals surface area contributed by atoms with Gasteiger partial charge in [-0.2, -0.15) is 0 Å². The van der Waals surface area contributed by atoms with Gasteiger partial charge >= 0.3 is 0 Å². The zero-order valence-corrected chi connectivity index (χ0v) is 16.2. The average molecular weight is 398 g/mol. The van der Waals surface area contributed by atoms with Gasteiger partial charge in [0.2, 0.25) is 10.0 Å². The van der Waals surface area contributed by atoms with Gasteiger partial charge in [-0.1, -0.05) is 26.0 Å². The Morgan fingerprint density at radius 1 is 1.04 bits per heavy atom. The molecule has 27 heavy (non-hydrogen) atoms. The second-order valence-corrected chi connectivity index (χ2v) is 7.65. The molecule has 2 rings (SSSR count). The molecule has 2 aromatic carbocycles. The highest BCUT2D eigenvalue weighted by molar-refractivity contribution is 7.89. The van der Waals surface area contributed by atoms with Crippen molar-refractivity contribution in [2.75, 3.05) is 26.2 Å². The zero-order chi connectivity index (χ0) is 19.9. The number of rotatable bonds is 10. The molecule has 5 nitrogen and oxygen atoms in total. The topological polar surface area (TPSA) is 58.6 Å². The lowest BCUT2D eigenvalue weighted by Crippen LogP contribution is -2.27. The van der Waals surface area contributed by atoms with E-state index in [0.29, 0.717) is 24.0 Å². The number of likely N-dealkylation sites (N-methyl/N-ethyl adjacent to an activating group) is 1. The Labute approximate surface area is 159 Å². The van der Waals surface area contributed by atoms with E-state index in [0.717, 1.165) is 31.8 Å². The fourth-order valence-corrected chi connectivity index (χ4v) is 3.58. The van der Waals surface area contributed by atoms with Crippen molar-refractivity contribution in [2.24, 2.45) is 0 Å². The second kappa shape index (κ2) is 9.77. The standard InChI is InChI=1S/C19H24F2N2O3S/c1-3-23(4-2)11-12-26-17-8-5-15(6-9-17)14-22-27(24,25)19-13-16(20)7-10-18(19)21/h5-10,13,22H,3-4,11-12,14H2,1-2H3. The first-order valence-electron chi connectivity index (χ1n) is 8.74. The van der Waals surface area contributed by atoms with Gasteiger partial charge in [-0.15, -0.1) is 0 Å². The molecule has 0 heterocycles. The van der Waals surface area contributed by atoms with Crippen LogP contribution < -0.4 is 9.46 Å². The molecule has 0 spiro atoms. The molecule has 0 unspecified atom stereocenters. The Bertz CT molecular complexity index is 839. The van der Waals surface area contributed by atoms with E-state index >= 15 is 0 Å². The van der Waals surface area contributed by atoms with Gasteiger partial charge in [0.05, 0.1) is 0 Å². The van der Waals surface area contributed by atoms with Gasteiger partial charge in [-0.3, -0.25) is 0 Å². The van der Waals surface area contributed by atoms with Crippen LogP contribution in [0.2, 0.25) is 0 Å². The van der Waals surface area contributed by atoms with Gasteiger partial charge in [0.1, 0.15) is 28.9 Å². The number of halogens is 2. The molecule has 0 aliphatic carbocycles. The van der Waals surface area contributed by atoms with Gasteiger partial charge in [-0.05, 0) is 49.0 Å². The highest BCUT2D eigenvalue weighted by atomic mass is 32.2. The molecule has 148 valence electrons. The molecule has 0 atom stereocenters. The molecule has 0 saturated carbocycles. The molecule has 0 aliphatic rings. The van der Waals surface area contributed by atoms with Crippen LogP contribution in [0.25, 0.3) is 0 Å². The van der Waals surface area contributed by atoms with E-state index in [4.69, 9.17) is 4.74 Å². The minimum absolute atomic E-state index is 0.0436. The minimum atomic E-state index is -4.15. The third-order valence-electron chi connectivity index (χ3n) is 4.14. The molecule has 1 N–H and O–H groups in total. The van der Waals surface area contributed by atoms with Gasteiger partial charge in [0.25, 0.3) is 0 Å². The van der Waals surface area contributed by atoms with Crippen LogP contribution in [0.4, 0.5) is 8.78 Å². The molecular formula is C19H24F2N2O3S. The summed E-state index contributed by atoms with van der Waals surface area (Å²) in [6.07, 6.45) is 0. The van der Waals surface area contributed by atoms with Crippen LogP contribution in [0, 0.1) is 11.6 Å². The third kappa shape index (κ3) is 6.27. The first-order chi connectivity index (χ1) is 12.9. The van der Waals surface area contributed by atoms with Crippen LogP contribution in [0.5, 0.6) is 5.75 Å². The SMILES string of the molecule is CCN(CC)CCOc1ccc(CNS(=O)(=O)c2cc(F)ccc2F)cc1. The number of ether oxygens (including phenoxy) is 1. The Balaban J connectivity index is 1.92. The summed E-state index contributed by atoms with van der Waals surface area (Å²) >= 11 is 0. The molecule has 2 aromatic rings. The first kappa shape index (κ1) is 21.3. The van der Waals surface area contributed by atoms with Crippen LogP contribution >= 0.6 is 0 Å². The maximum atomic E-state index is 13.7. The zero-order valence-electron chi connectivity index (χ0n) is 15.4. The number of hydrogen-bond acceptors (Lipinski definition) is 4. The lowest BCUT2D eigenvalue weighted by atomic mass is 10.2. The van der Waals surface area contributed by atoms with Gasteiger partial charge in [0.15, 0.2) is 0 Å². The molecular weight excluding hydrogens is 374 g/mol. The van der Waals surface area contributed by atoms with E-state index < -0.39 is 26.6 Å². The van der Waals surface area contributed by atoms with Gasteiger partial charge in [-0.25, -0.2) is 21.9 Å². The van der Waals surface area contributed by atoms with Crippen LogP contribution in [0.3, 0.4) is 0 Å². The number of sulfonamides is 1. The highest BCUT2D eigenvalue weighted by Crippen LogP contribution is 2.17. The van der Waals surface area contributed by atoms with Crippen molar-refractivity contribution in [1.82, 2.24) is 9.62 Å². The molecule has 0 aromatic heterocycles. The number of nitrogens with one attached hydrogen (secondary N) is 1. The summed E-state index contributed by atoms with van der Waals surface area (Å²) in [7, 11) is -4.15. The Morgan fingerprint density at radius 2 is 1.70 bits per heavy atom. The van der Waals surface area contributed by atoms with Crippen molar-refractivity contribution in [3.8, 4) is 5.75 Å². The number of benzene rings is 2. The molecule has 0 amide bonds. The number of nitrogens with zero attached hydrogens (tertiary/aromatic N) is 1. The van der Waals surface area contributed by atoms with E-state index in [9.17, 15) is 17.2 Å². The van der Waals surface area contributed by atoms with Gasteiger partial charge in [0, 0.05) is 13.1 Å². The van der Waals surface area contributed by atoms with Crippen LogP contribution in [0.1, 0.15) is 19.4 Å². The summed E-state index contributed by atoms with van der Waals surface area (Å²) in [6, 6.07) is 9.24. The maximum Gasteiger partial charge on any atom is 0.243 e. The fraction of sp³-hybridized carbons (Fsp3) is 0.368. The molecule has 0 fully saturated rings. The average Bonchev–Trinajstić information content (AvgIpc) is 2.66. The van der Waals surface area contributed by atoms with Crippen molar-refractivity contribution in [3.05, 3.63) is 59.7 Å². The van der Waals surface area contributed by atoms with Crippen LogP contribution in [0.15, 0.2) is 47.4 Å². The first-order valence-corrected chi connectivity index (χ1v) is 10.2. The van der Waals surface area contributed by atoms with Crippen molar-refractivity contribution < 1.29 is 21.9 Å². The van der Waals surface area contributed by atoms with E-state index in [2.05, 4.69) is 23.5 Å². The summed E-state index contributed by atoms with van der Waals surface area (Å²) in [6.45, 7) is 7.46. The van der Waals surface area contributed by atoms with E-state index in [1.807, 2.05) is 0 Å². The van der Waals surface area contributed by atoms with Crippen molar-refractivity contribution in [1.29, 1.82) is 0 Å². The normalized spacial score (nSPS) is 11.7. The molecule has 0 radical (unpaired) electrons. The maximum absolute atomic E-state index is 13.7. The van der Waals surface area contributed by atoms with E-state index in [1.165, 1.54) is 0 Å². The Hall–Kier alpha value is -2.03. The van der Waals surface area contributed by atoms with Crippen molar-refractivity contribution >= 4 is 10.0 Å². The highest BCUT2D eigenvalue weighted by Gasteiger charge is 2.19. The smallest absolute Gasteiger partial charge is 0.243 e. The molecule has 0 bridgehead atoms. The van der Waals surface area contributed by atoms with Crippen molar-refractivity contribution in [3.63, 3.8) is 0 Å². The summed E-state index contributed by atoms with van der Waals surface area (Å²) in [4.78, 5) is 1.54. The van der Waals surface area contributed by atoms with Crippen molar-refractivity contribution in [2.45, 2.75) is 25.3 Å². The summed E-state index contributed by atoms with van der Waals surface area (Å²) in [5.41, 5.74) is 0.673. The quantitative estimate of drug-likeness (QED) is 0.668. The van der Waals surface area contributed by atoms with E-state index in [1.54, 1.807) is 24.3 Å². The molecule has 0 saturated heterocycles. The summed E-state index contributed by atoms with van der Waals surface area (Å²) < 4.78 is 59.1. The second-order valence-electron chi connectivity index (χ2n) is 5.92. The lowest BCUT2D eigenvalue weighted by Gasteiger charge is -2.18. The Kier molecular flexibility index (Phi) is 7.70. The van der Waals surface area contributed by atoms with Crippen LogP contribution in [-0.2, 0) is 16.6 Å². The molecule has 0 aliphatic heterocycles. The minimum Gasteiger partial charge on any atom is -0.492 e. The summed E-state index contributed by atoms with van der Waals surface area (Å²) in [5.74, 6) is -1.13. The monoisotopic (exact) mass is 398 g/mol. The lowest BCUT2D eigenvalue weighted by molar-refractivity contribution is 0.223. The fourth-order valence-electron chi connectivity index (χ4n) is 2.48. The largest absolute Gasteiger partial charge is 0.492 e. The number of hydrogen-bond donors (Lipinski definition) is 1. The van der Waals surface area contributed by atoms with Crippen LogP contribution in [-0.4, -0.2) is 39.6 Å². The Morgan fingerprint density at radius 3 is 2.33 bits per heavy atom.